The molecule has 0 spiro atoms. The SMILES string of the molecule is COc1cc(OCC(F)F)ncc1CN1CCc2c(NCC#N)nc(Cl)c(C#N)c2C1. The summed E-state index contributed by atoms with van der Waals surface area (Å²) in [5.41, 5.74) is 2.69. The molecule has 0 fully saturated rings. The van der Waals surface area contributed by atoms with Crippen molar-refractivity contribution < 1.29 is 18.3 Å². The number of nitrogens with one attached hydrogen (secondary N) is 1. The number of hydrogen-bond donors (Lipinski definition) is 1. The van der Waals surface area contributed by atoms with Gasteiger partial charge in [-0.3, -0.25) is 4.90 Å². The molecule has 0 aliphatic carbocycles. The van der Waals surface area contributed by atoms with Gasteiger partial charge in [-0.1, -0.05) is 11.6 Å². The summed E-state index contributed by atoms with van der Waals surface area (Å²) < 4.78 is 35.0. The number of halogens is 3. The lowest BCUT2D eigenvalue weighted by molar-refractivity contribution is 0.0794. The molecule has 162 valence electrons. The van der Waals surface area contributed by atoms with E-state index in [-0.39, 0.29) is 17.6 Å². The van der Waals surface area contributed by atoms with Crippen LogP contribution in [0.2, 0.25) is 5.15 Å². The molecule has 0 amide bonds. The second-order valence-corrected chi connectivity index (χ2v) is 7.06. The largest absolute Gasteiger partial charge is 0.496 e. The van der Waals surface area contributed by atoms with Crippen LogP contribution in [-0.2, 0) is 19.5 Å². The van der Waals surface area contributed by atoms with Gasteiger partial charge in [0.1, 0.15) is 29.3 Å². The van der Waals surface area contributed by atoms with Crippen LogP contribution in [0.25, 0.3) is 0 Å². The van der Waals surface area contributed by atoms with E-state index in [4.69, 9.17) is 26.3 Å². The predicted octanol–water partition coefficient (Wildman–Crippen LogP) is 3.15. The van der Waals surface area contributed by atoms with Crippen LogP contribution in [0.5, 0.6) is 11.6 Å². The van der Waals surface area contributed by atoms with E-state index in [1.54, 1.807) is 0 Å². The number of nitriles is 2. The Balaban J connectivity index is 1.82. The van der Waals surface area contributed by atoms with Crippen molar-refractivity contribution in [3.8, 4) is 23.8 Å². The molecular weight excluding hydrogens is 430 g/mol. The highest BCUT2D eigenvalue weighted by Gasteiger charge is 2.26. The molecule has 0 aromatic carbocycles. The molecule has 0 bridgehead atoms. The lowest BCUT2D eigenvalue weighted by Gasteiger charge is -2.31. The summed E-state index contributed by atoms with van der Waals surface area (Å²) in [6.07, 6.45) is -0.461. The van der Waals surface area contributed by atoms with E-state index in [1.807, 2.05) is 6.07 Å². The summed E-state index contributed by atoms with van der Waals surface area (Å²) in [5, 5.41) is 21.4. The van der Waals surface area contributed by atoms with Gasteiger partial charge in [0, 0.05) is 43.0 Å². The molecule has 31 heavy (non-hydrogen) atoms. The number of alkyl halides is 2. The summed E-state index contributed by atoms with van der Waals surface area (Å²) in [7, 11) is 1.48. The molecule has 0 atom stereocenters. The fourth-order valence-electron chi connectivity index (χ4n) is 3.40. The van der Waals surface area contributed by atoms with Crippen LogP contribution in [0.3, 0.4) is 0 Å². The molecule has 3 heterocycles. The van der Waals surface area contributed by atoms with E-state index >= 15 is 0 Å². The molecule has 1 aliphatic rings. The van der Waals surface area contributed by atoms with E-state index in [0.29, 0.717) is 43.2 Å². The Labute approximate surface area is 183 Å². The molecular formula is C20H19ClF2N6O2. The molecule has 0 saturated carbocycles. The van der Waals surface area contributed by atoms with Crippen LogP contribution in [0.4, 0.5) is 14.6 Å². The average Bonchev–Trinajstić information content (AvgIpc) is 2.76. The fraction of sp³-hybridized carbons (Fsp3) is 0.400. The molecule has 0 unspecified atom stereocenters. The van der Waals surface area contributed by atoms with Crippen LogP contribution in [0.1, 0.15) is 22.3 Å². The van der Waals surface area contributed by atoms with Crippen molar-refractivity contribution in [2.45, 2.75) is 25.9 Å². The van der Waals surface area contributed by atoms with Gasteiger partial charge in [0.2, 0.25) is 5.88 Å². The van der Waals surface area contributed by atoms with Gasteiger partial charge in [-0.05, 0) is 12.0 Å². The van der Waals surface area contributed by atoms with Crippen LogP contribution in [0.15, 0.2) is 12.3 Å². The third kappa shape index (κ3) is 5.29. The van der Waals surface area contributed by atoms with E-state index in [1.165, 1.54) is 19.4 Å². The highest BCUT2D eigenvalue weighted by molar-refractivity contribution is 6.30. The highest BCUT2D eigenvalue weighted by Crippen LogP contribution is 2.33. The number of pyridine rings is 2. The lowest BCUT2D eigenvalue weighted by atomic mass is 9.96. The summed E-state index contributed by atoms with van der Waals surface area (Å²) >= 11 is 6.20. The van der Waals surface area contributed by atoms with Gasteiger partial charge in [-0.25, -0.2) is 18.7 Å². The Hall–Kier alpha value is -3.21. The third-order valence-electron chi connectivity index (χ3n) is 4.76. The van der Waals surface area contributed by atoms with Gasteiger partial charge < -0.3 is 14.8 Å². The smallest absolute Gasteiger partial charge is 0.272 e. The first-order valence-corrected chi connectivity index (χ1v) is 9.73. The predicted molar refractivity (Wildman–Crippen MR) is 108 cm³/mol. The number of fused-ring (bicyclic) bond motifs is 1. The van der Waals surface area contributed by atoms with Crippen molar-refractivity contribution in [2.75, 3.05) is 32.1 Å². The minimum atomic E-state index is -2.59. The Kier molecular flexibility index (Phi) is 7.40. The maximum atomic E-state index is 12.4. The fourth-order valence-corrected chi connectivity index (χ4v) is 3.64. The topological polar surface area (TPSA) is 107 Å². The number of rotatable bonds is 8. The highest BCUT2D eigenvalue weighted by atomic mass is 35.5. The number of anilines is 1. The van der Waals surface area contributed by atoms with Gasteiger partial charge in [0.05, 0.1) is 18.7 Å². The third-order valence-corrected chi connectivity index (χ3v) is 5.04. The van der Waals surface area contributed by atoms with Crippen LogP contribution < -0.4 is 14.8 Å². The molecule has 1 N–H and O–H groups in total. The first-order chi connectivity index (χ1) is 15.0. The number of hydrogen-bond acceptors (Lipinski definition) is 8. The summed E-state index contributed by atoms with van der Waals surface area (Å²) in [4.78, 5) is 10.4. The minimum Gasteiger partial charge on any atom is -0.496 e. The van der Waals surface area contributed by atoms with Crippen LogP contribution in [-0.4, -0.2) is 48.1 Å². The van der Waals surface area contributed by atoms with Gasteiger partial charge >= 0.3 is 0 Å². The van der Waals surface area contributed by atoms with Crippen molar-refractivity contribution in [2.24, 2.45) is 0 Å². The number of methoxy groups -OCH3 is 1. The number of ether oxygens (including phenoxy) is 2. The molecule has 1 aliphatic heterocycles. The Morgan fingerprint density at radius 2 is 2.16 bits per heavy atom. The minimum absolute atomic E-state index is 0.0581. The summed E-state index contributed by atoms with van der Waals surface area (Å²) in [5.74, 6) is 1.04. The zero-order valence-electron chi connectivity index (χ0n) is 16.7. The van der Waals surface area contributed by atoms with Crippen molar-refractivity contribution >= 4 is 17.4 Å². The van der Waals surface area contributed by atoms with Crippen molar-refractivity contribution in [3.63, 3.8) is 0 Å². The molecule has 0 radical (unpaired) electrons. The van der Waals surface area contributed by atoms with Gasteiger partial charge in [-0.2, -0.15) is 10.5 Å². The normalized spacial score (nSPS) is 13.3. The number of nitrogens with zero attached hydrogens (tertiary/aromatic N) is 5. The molecule has 3 rings (SSSR count). The Morgan fingerprint density at radius 3 is 2.84 bits per heavy atom. The quantitative estimate of drug-likeness (QED) is 0.484. The number of aromatic nitrogens is 2. The summed E-state index contributed by atoms with van der Waals surface area (Å²) in [6, 6.07) is 5.59. The zero-order valence-corrected chi connectivity index (χ0v) is 17.4. The van der Waals surface area contributed by atoms with Gasteiger partial charge in [0.25, 0.3) is 6.43 Å². The Bertz CT molecular complexity index is 1040. The van der Waals surface area contributed by atoms with E-state index in [0.717, 1.165) is 16.7 Å². The second-order valence-electron chi connectivity index (χ2n) is 6.70. The molecule has 2 aromatic heterocycles. The first kappa shape index (κ1) is 22.5. The zero-order chi connectivity index (χ0) is 22.4. The first-order valence-electron chi connectivity index (χ1n) is 9.35. The van der Waals surface area contributed by atoms with E-state index < -0.39 is 13.0 Å². The Morgan fingerprint density at radius 1 is 1.35 bits per heavy atom. The standard InChI is InChI=1S/C20H19ClF2N6O2/c1-30-16-6-18(31-11-17(22)23)27-8-12(16)9-29-5-2-13-15(10-29)14(7-25)19(21)28-20(13)26-4-3-24/h6,8,17H,2,4-5,9-11H2,1H3,(H,26,28). The second kappa shape index (κ2) is 10.2. The molecule has 0 saturated heterocycles. The van der Waals surface area contributed by atoms with Crippen LogP contribution >= 0.6 is 11.6 Å². The lowest BCUT2D eigenvalue weighted by Crippen LogP contribution is -2.32. The van der Waals surface area contributed by atoms with Gasteiger partial charge in [-0.15, -0.1) is 0 Å². The molecule has 2 aromatic rings. The maximum Gasteiger partial charge on any atom is 0.272 e. The van der Waals surface area contributed by atoms with Crippen molar-refractivity contribution in [3.05, 3.63) is 39.7 Å². The maximum absolute atomic E-state index is 12.4. The summed E-state index contributed by atoms with van der Waals surface area (Å²) in [6.45, 7) is 0.890. The monoisotopic (exact) mass is 448 g/mol. The van der Waals surface area contributed by atoms with Gasteiger partial charge in [0.15, 0.2) is 6.61 Å². The van der Waals surface area contributed by atoms with E-state index in [2.05, 4.69) is 26.3 Å². The van der Waals surface area contributed by atoms with E-state index in [9.17, 15) is 14.0 Å². The van der Waals surface area contributed by atoms with Crippen molar-refractivity contribution in [1.82, 2.24) is 14.9 Å². The molecule has 8 nitrogen and oxygen atoms in total. The molecule has 11 heteroatoms. The average molecular weight is 449 g/mol. The van der Waals surface area contributed by atoms with Crippen molar-refractivity contribution in [1.29, 1.82) is 10.5 Å². The van der Waals surface area contributed by atoms with Crippen LogP contribution in [0, 0.1) is 22.7 Å².